The van der Waals surface area contributed by atoms with Gasteiger partial charge in [0.05, 0.1) is 38.4 Å². The normalized spacial score (nSPS) is 26.7. The Balaban J connectivity index is 0.792. The number of nitrogens with zero attached hydrogens (tertiary/aromatic N) is 1. The van der Waals surface area contributed by atoms with Crippen LogP contribution in [0, 0.1) is 35.5 Å². The molecular formula is C61H76N6O12. The SMILES string of the molecule is CCCC1O[C@@H]2C[C@H]3[C@@H]4CCC5=CC(=O)C=C[C@]5(C)[C@H]4[C@@H](O)C[C@]3(C)[C@]2(C(=O)COCNC(=O)CNC(=O)[C@H](Cc2ccccc2)NC(=O)CNC(=O)CNC(=O)CCC(=O)N(Cc2ccccc2CC)c2ccccc2C)O1. The highest BCUT2D eigenvalue weighted by Gasteiger charge is 2.75. The van der Waals surface area contributed by atoms with E-state index in [1.54, 1.807) is 47.4 Å². The standard InChI is InChI=1S/C61H76N6O12/c1-6-15-56-78-50-30-45-44-23-22-42-29-43(68)26-27-59(42,4)57(44)48(69)31-60(45,5)61(50,79-56)49(70)36-77-37-65-53(73)33-64-58(76)46(28-39-17-9-8-10-18-39)66-54(74)34-63-52(72)32-62-51(71)24-25-55(75)67(47-21-14-11-16-38(47)3)35-41-20-13-12-19-40(41)7-2/h8-14,16-21,26-27,29,44-46,48,50,56-57,69H,6-7,15,22-25,28,30-37H2,1-5H3,(H,62,71)(H,63,72)(H,64,76)(H,65,73)(H,66,74)/t44-,45-,46-,48-,50+,56?,57+,59-,60-,61+/m0/s1. The molecule has 8 rings (SSSR count). The van der Waals surface area contributed by atoms with E-state index in [2.05, 4.69) is 40.4 Å². The number of ether oxygens (including phenoxy) is 3. The Morgan fingerprint density at radius 2 is 1.51 bits per heavy atom. The van der Waals surface area contributed by atoms with Crippen molar-refractivity contribution in [3.63, 3.8) is 0 Å². The van der Waals surface area contributed by atoms with Crippen LogP contribution < -0.4 is 31.5 Å². The summed E-state index contributed by atoms with van der Waals surface area (Å²) >= 11 is 0. The van der Waals surface area contributed by atoms with Gasteiger partial charge in [0.2, 0.25) is 35.4 Å². The van der Waals surface area contributed by atoms with Gasteiger partial charge in [-0.25, -0.2) is 0 Å². The number of allylic oxidation sites excluding steroid dienone is 4. The van der Waals surface area contributed by atoms with Gasteiger partial charge in [-0.3, -0.25) is 38.4 Å². The average Bonchev–Trinajstić information content (AvgIpc) is 2.77. The molecule has 5 aliphatic rings. The van der Waals surface area contributed by atoms with Gasteiger partial charge in [-0.2, -0.15) is 0 Å². The predicted molar refractivity (Wildman–Crippen MR) is 293 cm³/mol. The largest absolute Gasteiger partial charge is 0.393 e. The molecule has 0 spiro atoms. The van der Waals surface area contributed by atoms with Gasteiger partial charge in [-0.05, 0) is 97.8 Å². The summed E-state index contributed by atoms with van der Waals surface area (Å²) < 4.78 is 19.0. The van der Waals surface area contributed by atoms with Crippen LogP contribution in [0.2, 0.25) is 0 Å². The van der Waals surface area contributed by atoms with Crippen molar-refractivity contribution in [2.24, 2.45) is 28.6 Å². The summed E-state index contributed by atoms with van der Waals surface area (Å²) in [6, 6.07) is 23.2. The lowest BCUT2D eigenvalue weighted by atomic mass is 9.46. The van der Waals surface area contributed by atoms with Gasteiger partial charge in [0, 0.05) is 41.7 Å². The lowest BCUT2D eigenvalue weighted by molar-refractivity contribution is -0.201. The summed E-state index contributed by atoms with van der Waals surface area (Å²) in [5, 5.41) is 24.8. The molecule has 1 saturated heterocycles. The monoisotopic (exact) mass is 1080 g/mol. The summed E-state index contributed by atoms with van der Waals surface area (Å²) in [6.45, 7) is 8.20. The van der Waals surface area contributed by atoms with E-state index in [0.717, 1.165) is 47.2 Å². The highest BCUT2D eigenvalue weighted by molar-refractivity contribution is 6.01. The highest BCUT2D eigenvalue weighted by Crippen LogP contribution is 2.69. The number of nitrogens with one attached hydrogen (secondary N) is 5. The van der Waals surface area contributed by atoms with Crippen LogP contribution in [-0.2, 0) is 72.0 Å². The topological polar surface area (TPSA) is 248 Å². The minimum Gasteiger partial charge on any atom is -0.393 e. The third-order valence-electron chi connectivity index (χ3n) is 17.2. The summed E-state index contributed by atoms with van der Waals surface area (Å²) in [5.41, 5.74) is 2.84. The van der Waals surface area contributed by atoms with Crippen LogP contribution >= 0.6 is 0 Å². The van der Waals surface area contributed by atoms with Gasteiger partial charge in [0.15, 0.2) is 23.5 Å². The number of aryl methyl sites for hydroxylation is 2. The lowest BCUT2D eigenvalue weighted by Crippen LogP contribution is -2.63. The molecule has 10 atom stereocenters. The Morgan fingerprint density at radius 3 is 2.25 bits per heavy atom. The summed E-state index contributed by atoms with van der Waals surface area (Å²) in [5.74, 6) is -3.95. The molecule has 1 heterocycles. The second-order valence-corrected chi connectivity index (χ2v) is 22.1. The number of amides is 6. The second-order valence-electron chi connectivity index (χ2n) is 22.1. The smallest absolute Gasteiger partial charge is 0.243 e. The lowest BCUT2D eigenvalue weighted by Gasteiger charge is -2.59. The van der Waals surface area contributed by atoms with Gasteiger partial charge in [0.1, 0.15) is 19.4 Å². The molecule has 0 radical (unpaired) electrons. The Kier molecular flexibility index (Phi) is 18.8. The molecule has 79 heavy (non-hydrogen) atoms. The van der Waals surface area contributed by atoms with E-state index in [1.807, 2.05) is 75.4 Å². The van der Waals surface area contributed by atoms with Crippen LogP contribution in [0.4, 0.5) is 5.69 Å². The molecule has 3 saturated carbocycles. The van der Waals surface area contributed by atoms with Crippen molar-refractivity contribution in [3.8, 4) is 0 Å². The first-order valence-electron chi connectivity index (χ1n) is 27.8. The molecule has 3 aromatic rings. The molecule has 1 unspecified atom stereocenters. The zero-order valence-corrected chi connectivity index (χ0v) is 46.0. The predicted octanol–water partition coefficient (Wildman–Crippen LogP) is 4.78. The number of aliphatic hydroxyl groups is 1. The van der Waals surface area contributed by atoms with Crippen molar-refractivity contribution in [2.45, 2.75) is 136 Å². The first kappa shape index (κ1) is 58.3. The van der Waals surface area contributed by atoms with E-state index in [4.69, 9.17) is 14.2 Å². The van der Waals surface area contributed by atoms with Crippen LogP contribution in [0.15, 0.2) is 103 Å². The number of carbonyl (C=O) groups excluding carboxylic acids is 8. The van der Waals surface area contributed by atoms with E-state index >= 15 is 0 Å². The van der Waals surface area contributed by atoms with E-state index in [0.29, 0.717) is 37.8 Å². The van der Waals surface area contributed by atoms with Gasteiger partial charge in [0.25, 0.3) is 0 Å². The fourth-order valence-electron chi connectivity index (χ4n) is 13.3. The molecule has 4 fully saturated rings. The average molecular weight is 1090 g/mol. The Hall–Kier alpha value is -6.86. The fourth-order valence-corrected chi connectivity index (χ4v) is 13.3. The zero-order chi connectivity index (χ0) is 56.5. The number of carbonyl (C=O) groups is 8. The second kappa shape index (κ2) is 25.5. The van der Waals surface area contributed by atoms with Crippen molar-refractivity contribution < 1.29 is 57.7 Å². The van der Waals surface area contributed by atoms with Crippen LogP contribution in [0.5, 0.6) is 0 Å². The fraction of sp³-hybridized carbons (Fsp3) is 0.508. The quantitative estimate of drug-likeness (QED) is 0.0525. The number of anilines is 1. The third-order valence-corrected chi connectivity index (χ3v) is 17.2. The first-order valence-corrected chi connectivity index (χ1v) is 27.8. The molecule has 18 heteroatoms. The Morgan fingerprint density at radius 1 is 0.823 bits per heavy atom. The van der Waals surface area contributed by atoms with Gasteiger partial charge >= 0.3 is 0 Å². The van der Waals surface area contributed by atoms with Crippen molar-refractivity contribution >= 4 is 52.7 Å². The molecule has 6 amide bonds. The van der Waals surface area contributed by atoms with Gasteiger partial charge < -0.3 is 50.8 Å². The molecule has 4 aliphatic carbocycles. The number of hydrogen-bond acceptors (Lipinski definition) is 12. The Labute approximate surface area is 462 Å². The van der Waals surface area contributed by atoms with Crippen LogP contribution in [0.3, 0.4) is 0 Å². The maximum atomic E-state index is 14.6. The number of para-hydroxylation sites is 1. The molecule has 3 aromatic carbocycles. The third kappa shape index (κ3) is 12.8. The molecule has 1 aliphatic heterocycles. The number of benzene rings is 3. The number of rotatable bonds is 24. The number of fused-ring (bicyclic) bond motifs is 7. The number of aliphatic hydroxyl groups excluding tert-OH is 1. The van der Waals surface area contributed by atoms with E-state index in [9.17, 15) is 43.5 Å². The number of Topliss-reactive ketones (excluding diaryl/α,β-unsaturated/α-hetero) is 1. The van der Waals surface area contributed by atoms with Gasteiger partial charge in [-0.1, -0.05) is 119 Å². The zero-order valence-electron chi connectivity index (χ0n) is 46.0. The van der Waals surface area contributed by atoms with Crippen LogP contribution in [-0.4, -0.2) is 115 Å². The van der Waals surface area contributed by atoms with Crippen LogP contribution in [0.25, 0.3) is 0 Å². The summed E-state index contributed by atoms with van der Waals surface area (Å²) in [4.78, 5) is 108. The Bertz CT molecular complexity index is 2840. The molecule has 6 N–H and O–H groups in total. The first-order chi connectivity index (χ1) is 37.9. The van der Waals surface area contributed by atoms with Crippen molar-refractivity contribution in [1.29, 1.82) is 0 Å². The summed E-state index contributed by atoms with van der Waals surface area (Å²) in [6.07, 6.45) is 7.58. The van der Waals surface area contributed by atoms with Crippen molar-refractivity contribution in [3.05, 3.63) is 125 Å². The maximum absolute atomic E-state index is 14.6. The minimum atomic E-state index is -1.40. The minimum absolute atomic E-state index is 0.0163. The van der Waals surface area contributed by atoms with Crippen molar-refractivity contribution in [1.82, 2.24) is 26.6 Å². The van der Waals surface area contributed by atoms with Crippen LogP contribution in [0.1, 0.15) is 101 Å². The highest BCUT2D eigenvalue weighted by atomic mass is 16.7. The number of ketones is 2. The maximum Gasteiger partial charge on any atom is 0.243 e. The van der Waals surface area contributed by atoms with E-state index in [1.165, 1.54) is 0 Å². The molecule has 422 valence electrons. The van der Waals surface area contributed by atoms with Gasteiger partial charge in [-0.15, -0.1) is 0 Å². The molecular weight excluding hydrogens is 1010 g/mol. The molecule has 18 nitrogen and oxygen atoms in total. The summed E-state index contributed by atoms with van der Waals surface area (Å²) in [7, 11) is 0. The van der Waals surface area contributed by atoms with E-state index < -0.39 is 96.7 Å². The molecule has 0 aromatic heterocycles. The number of hydrogen-bond donors (Lipinski definition) is 6. The molecule has 0 bridgehead atoms. The van der Waals surface area contributed by atoms with E-state index in [-0.39, 0.29) is 61.2 Å². The van der Waals surface area contributed by atoms with Crippen molar-refractivity contribution in [2.75, 3.05) is 37.9 Å².